The molecule has 0 unspecified atom stereocenters. The molecule has 0 spiro atoms. The predicted molar refractivity (Wildman–Crippen MR) is 85.4 cm³/mol. The third-order valence-electron chi connectivity index (χ3n) is 3.80. The lowest BCUT2D eigenvalue weighted by Gasteiger charge is -2.21. The van der Waals surface area contributed by atoms with E-state index in [0.29, 0.717) is 24.8 Å². The van der Waals surface area contributed by atoms with Gasteiger partial charge in [0.15, 0.2) is 12.1 Å². The molecule has 1 N–H and O–H groups in total. The Kier molecular flexibility index (Phi) is 3.37. The molecule has 0 radical (unpaired) electrons. The van der Waals surface area contributed by atoms with Gasteiger partial charge in [0.05, 0.1) is 19.8 Å². The van der Waals surface area contributed by atoms with Gasteiger partial charge in [-0.05, 0) is 18.2 Å². The largest absolute Gasteiger partial charge is 0.353 e. The highest BCUT2D eigenvalue weighted by molar-refractivity contribution is 6.31. The Balaban J connectivity index is 1.78. The number of fused-ring (bicyclic) bond motifs is 3. The van der Waals surface area contributed by atoms with Crippen molar-refractivity contribution < 1.29 is 9.47 Å². The van der Waals surface area contributed by atoms with Crippen LogP contribution in [0, 0.1) is 0 Å². The minimum atomic E-state index is -0.214. The van der Waals surface area contributed by atoms with E-state index in [4.69, 9.17) is 21.1 Å². The molecule has 0 aliphatic carbocycles. The number of halogens is 1. The Labute approximate surface area is 132 Å². The van der Waals surface area contributed by atoms with Gasteiger partial charge < -0.3 is 19.4 Å². The van der Waals surface area contributed by atoms with E-state index in [1.165, 1.54) is 0 Å². The lowest BCUT2D eigenvalue weighted by molar-refractivity contribution is -0.0336. The molecule has 0 saturated carbocycles. The summed E-state index contributed by atoms with van der Waals surface area (Å²) in [7, 11) is 1.96. The molecule has 0 atom stereocenters. The highest BCUT2D eigenvalue weighted by Crippen LogP contribution is 2.30. The molecule has 114 valence electrons. The molecule has 7 heteroatoms. The van der Waals surface area contributed by atoms with Crippen molar-refractivity contribution in [3.05, 3.63) is 29.5 Å². The van der Waals surface area contributed by atoms with Crippen LogP contribution in [0.5, 0.6) is 0 Å². The summed E-state index contributed by atoms with van der Waals surface area (Å²) in [4.78, 5) is 14.2. The van der Waals surface area contributed by atoms with Gasteiger partial charge in [-0.15, -0.1) is 0 Å². The molecule has 4 rings (SSSR count). The van der Waals surface area contributed by atoms with E-state index in [1.807, 2.05) is 30.1 Å². The highest BCUT2D eigenvalue weighted by atomic mass is 35.5. The maximum absolute atomic E-state index is 6.09. The summed E-state index contributed by atoms with van der Waals surface area (Å²) >= 11 is 6.09. The first-order valence-corrected chi connectivity index (χ1v) is 7.46. The minimum absolute atomic E-state index is 0.214. The molecule has 1 fully saturated rings. The highest BCUT2D eigenvalue weighted by Gasteiger charge is 2.21. The molecule has 1 aromatic carbocycles. The van der Waals surface area contributed by atoms with Crippen LogP contribution in [-0.4, -0.2) is 48.0 Å². The Morgan fingerprint density at radius 2 is 2.14 bits per heavy atom. The molecular formula is C15H15ClN4O2. The second-order valence-corrected chi connectivity index (χ2v) is 5.72. The number of nitrogens with one attached hydrogen (secondary N) is 1. The SMILES string of the molecule is CN(CC1OCCO1)c1ncnc2c1[nH]c1ccc(Cl)cc12. The molecule has 2 aromatic heterocycles. The van der Waals surface area contributed by atoms with Gasteiger partial charge in [0, 0.05) is 23.0 Å². The van der Waals surface area contributed by atoms with Crippen LogP contribution in [-0.2, 0) is 9.47 Å². The number of ether oxygens (including phenoxy) is 2. The minimum Gasteiger partial charge on any atom is -0.353 e. The molecule has 1 aliphatic rings. The first-order chi connectivity index (χ1) is 10.7. The molecule has 3 heterocycles. The van der Waals surface area contributed by atoms with Crippen LogP contribution in [0.1, 0.15) is 0 Å². The number of hydrogen-bond donors (Lipinski definition) is 1. The van der Waals surface area contributed by atoms with Crippen molar-refractivity contribution in [2.45, 2.75) is 6.29 Å². The van der Waals surface area contributed by atoms with Crippen molar-refractivity contribution in [3.63, 3.8) is 0 Å². The number of aromatic amines is 1. The van der Waals surface area contributed by atoms with Crippen LogP contribution in [0.15, 0.2) is 24.5 Å². The summed E-state index contributed by atoms with van der Waals surface area (Å²) in [5.74, 6) is 0.816. The third kappa shape index (κ3) is 2.29. The molecule has 0 amide bonds. The smallest absolute Gasteiger partial charge is 0.175 e. The van der Waals surface area contributed by atoms with Crippen LogP contribution in [0.4, 0.5) is 5.82 Å². The number of likely N-dealkylation sites (N-methyl/N-ethyl adjacent to an activating group) is 1. The number of benzene rings is 1. The standard InChI is InChI=1S/C15H15ClN4O2/c1-20(7-12-21-4-5-22-12)15-14-13(17-8-18-15)10-6-9(16)2-3-11(10)19-14/h2-3,6,8,12,19H,4-5,7H2,1H3. The van der Waals surface area contributed by atoms with Crippen molar-refractivity contribution in [2.75, 3.05) is 31.7 Å². The van der Waals surface area contributed by atoms with E-state index in [2.05, 4.69) is 15.0 Å². The zero-order valence-electron chi connectivity index (χ0n) is 12.0. The van der Waals surface area contributed by atoms with Crippen LogP contribution in [0.2, 0.25) is 5.02 Å². The predicted octanol–water partition coefficient (Wildman–Crippen LogP) is 2.57. The summed E-state index contributed by atoms with van der Waals surface area (Å²) in [6.07, 6.45) is 1.35. The topological polar surface area (TPSA) is 63.3 Å². The zero-order valence-corrected chi connectivity index (χ0v) is 12.8. The summed E-state index contributed by atoms with van der Waals surface area (Å²) < 4.78 is 11.0. The van der Waals surface area contributed by atoms with Crippen molar-refractivity contribution in [1.82, 2.24) is 15.0 Å². The average Bonchev–Trinajstić information content (AvgIpc) is 3.14. The van der Waals surface area contributed by atoms with Gasteiger partial charge in [-0.3, -0.25) is 0 Å². The van der Waals surface area contributed by atoms with Crippen LogP contribution >= 0.6 is 11.6 Å². The molecular weight excluding hydrogens is 304 g/mol. The summed E-state index contributed by atoms with van der Waals surface area (Å²) in [6, 6.07) is 5.72. The zero-order chi connectivity index (χ0) is 15.1. The Bertz CT molecular complexity index is 829. The maximum Gasteiger partial charge on any atom is 0.175 e. The lowest BCUT2D eigenvalue weighted by atomic mass is 10.2. The van der Waals surface area contributed by atoms with Crippen molar-refractivity contribution in [1.29, 1.82) is 0 Å². The van der Waals surface area contributed by atoms with Gasteiger partial charge >= 0.3 is 0 Å². The van der Waals surface area contributed by atoms with E-state index >= 15 is 0 Å². The summed E-state index contributed by atoms with van der Waals surface area (Å²) in [6.45, 7) is 1.90. The van der Waals surface area contributed by atoms with E-state index in [-0.39, 0.29) is 6.29 Å². The fraction of sp³-hybridized carbons (Fsp3) is 0.333. The normalized spacial score (nSPS) is 15.9. The molecule has 3 aromatic rings. The maximum atomic E-state index is 6.09. The van der Waals surface area contributed by atoms with E-state index in [9.17, 15) is 0 Å². The molecule has 0 bridgehead atoms. The summed E-state index contributed by atoms with van der Waals surface area (Å²) in [5, 5.41) is 1.68. The van der Waals surface area contributed by atoms with E-state index < -0.39 is 0 Å². The van der Waals surface area contributed by atoms with Crippen molar-refractivity contribution in [3.8, 4) is 0 Å². The molecule has 1 aliphatic heterocycles. The Morgan fingerprint density at radius 1 is 1.32 bits per heavy atom. The first-order valence-electron chi connectivity index (χ1n) is 7.08. The van der Waals surface area contributed by atoms with Gasteiger partial charge in [-0.2, -0.15) is 0 Å². The Hall–Kier alpha value is -1.89. The quantitative estimate of drug-likeness (QED) is 0.804. The van der Waals surface area contributed by atoms with Crippen LogP contribution < -0.4 is 4.90 Å². The Morgan fingerprint density at radius 3 is 2.95 bits per heavy atom. The van der Waals surface area contributed by atoms with Crippen molar-refractivity contribution in [2.24, 2.45) is 0 Å². The molecule has 22 heavy (non-hydrogen) atoms. The average molecular weight is 319 g/mol. The fourth-order valence-corrected chi connectivity index (χ4v) is 2.94. The van der Waals surface area contributed by atoms with Crippen LogP contribution in [0.25, 0.3) is 21.9 Å². The number of H-pyrrole nitrogens is 1. The monoisotopic (exact) mass is 318 g/mol. The van der Waals surface area contributed by atoms with Gasteiger partial charge in [-0.25, -0.2) is 9.97 Å². The molecule has 1 saturated heterocycles. The van der Waals surface area contributed by atoms with E-state index in [0.717, 1.165) is 27.8 Å². The third-order valence-corrected chi connectivity index (χ3v) is 4.03. The molecule has 6 nitrogen and oxygen atoms in total. The second kappa shape index (κ2) is 5.39. The van der Waals surface area contributed by atoms with Gasteiger partial charge in [-0.1, -0.05) is 11.6 Å². The van der Waals surface area contributed by atoms with Gasteiger partial charge in [0.2, 0.25) is 0 Å². The van der Waals surface area contributed by atoms with Crippen molar-refractivity contribution >= 4 is 39.4 Å². The lowest BCUT2D eigenvalue weighted by Crippen LogP contribution is -2.30. The van der Waals surface area contributed by atoms with Gasteiger partial charge in [0.1, 0.15) is 17.4 Å². The number of aromatic nitrogens is 3. The summed E-state index contributed by atoms with van der Waals surface area (Å²) in [5.41, 5.74) is 2.74. The van der Waals surface area contributed by atoms with E-state index in [1.54, 1.807) is 6.33 Å². The number of rotatable bonds is 3. The second-order valence-electron chi connectivity index (χ2n) is 5.29. The fourth-order valence-electron chi connectivity index (χ4n) is 2.76. The number of anilines is 1. The number of hydrogen-bond acceptors (Lipinski definition) is 5. The first kappa shape index (κ1) is 13.8. The van der Waals surface area contributed by atoms with Gasteiger partial charge in [0.25, 0.3) is 0 Å². The van der Waals surface area contributed by atoms with Crippen LogP contribution in [0.3, 0.4) is 0 Å². The number of nitrogens with zero attached hydrogens (tertiary/aromatic N) is 3.